The smallest absolute Gasteiger partial charge is 0.244 e. The van der Waals surface area contributed by atoms with Gasteiger partial charge in [0.25, 0.3) is 0 Å². The number of benzene rings is 2. The van der Waals surface area contributed by atoms with E-state index >= 15 is 0 Å². The molecule has 0 radical (unpaired) electrons. The van der Waals surface area contributed by atoms with Gasteiger partial charge in [-0.1, -0.05) is 18.2 Å². The van der Waals surface area contributed by atoms with Gasteiger partial charge in [0.05, 0.1) is 0 Å². The summed E-state index contributed by atoms with van der Waals surface area (Å²) in [4.78, 5) is 16.7. The topological polar surface area (TPSA) is 91.4 Å². The van der Waals surface area contributed by atoms with Crippen LogP contribution >= 0.6 is 0 Å². The normalized spacial score (nSPS) is 15.4. The average Bonchev–Trinajstić information content (AvgIpc) is 2.82. The number of nitrogens with one attached hydrogen (secondary N) is 2. The van der Waals surface area contributed by atoms with Crippen molar-refractivity contribution in [1.82, 2.24) is 9.29 Å². The number of carbonyl (C=O) groups excluding carboxylic acids is 1. The molecule has 1 aliphatic heterocycles. The van der Waals surface area contributed by atoms with E-state index in [9.17, 15) is 13.2 Å². The lowest BCUT2D eigenvalue weighted by atomic mass is 9.97. The molecule has 160 valence electrons. The maximum atomic E-state index is 12.7. The van der Waals surface area contributed by atoms with Crippen LogP contribution in [0, 0.1) is 5.92 Å². The van der Waals surface area contributed by atoms with E-state index in [0.717, 1.165) is 11.4 Å². The monoisotopic (exact) mass is 436 g/mol. The molecule has 1 amide bonds. The van der Waals surface area contributed by atoms with Crippen molar-refractivity contribution < 1.29 is 13.2 Å². The van der Waals surface area contributed by atoms with Crippen LogP contribution in [0.1, 0.15) is 12.8 Å². The quantitative estimate of drug-likeness (QED) is 0.612. The Balaban J connectivity index is 1.31. The van der Waals surface area contributed by atoms with Gasteiger partial charge in [-0.25, -0.2) is 8.42 Å². The molecule has 0 saturated carbocycles. The summed E-state index contributed by atoms with van der Waals surface area (Å²) in [5.41, 5.74) is 2.64. The molecule has 0 unspecified atom stereocenters. The number of para-hydroxylation sites is 1. The van der Waals surface area contributed by atoms with Gasteiger partial charge < -0.3 is 10.6 Å². The van der Waals surface area contributed by atoms with E-state index in [1.807, 2.05) is 54.6 Å². The molecule has 31 heavy (non-hydrogen) atoms. The molecular weight excluding hydrogens is 412 g/mol. The first-order chi connectivity index (χ1) is 15.0. The molecule has 1 aliphatic rings. The second kappa shape index (κ2) is 9.28. The molecular formula is C23H24N4O3S. The van der Waals surface area contributed by atoms with Crippen LogP contribution in [0.4, 0.5) is 17.1 Å². The van der Waals surface area contributed by atoms with Gasteiger partial charge in [0.2, 0.25) is 15.9 Å². The highest BCUT2D eigenvalue weighted by molar-refractivity contribution is 7.89. The van der Waals surface area contributed by atoms with E-state index in [2.05, 4.69) is 15.6 Å². The van der Waals surface area contributed by atoms with Crippen LogP contribution in [0.15, 0.2) is 84.0 Å². The van der Waals surface area contributed by atoms with Crippen LogP contribution in [-0.4, -0.2) is 36.7 Å². The summed E-state index contributed by atoms with van der Waals surface area (Å²) in [5.74, 6) is -0.301. The third-order valence-corrected chi connectivity index (χ3v) is 7.19. The van der Waals surface area contributed by atoms with Gasteiger partial charge in [-0.3, -0.25) is 9.78 Å². The van der Waals surface area contributed by atoms with Gasteiger partial charge in [-0.05, 0) is 61.4 Å². The Morgan fingerprint density at radius 1 is 0.871 bits per heavy atom. The molecule has 1 fully saturated rings. The van der Waals surface area contributed by atoms with Crippen LogP contribution in [0.5, 0.6) is 0 Å². The number of anilines is 3. The first kappa shape index (κ1) is 21.0. The molecule has 0 spiro atoms. The number of amides is 1. The van der Waals surface area contributed by atoms with Crippen LogP contribution in [0.25, 0.3) is 0 Å². The molecule has 0 aliphatic carbocycles. The molecule has 7 nitrogen and oxygen atoms in total. The van der Waals surface area contributed by atoms with E-state index in [0.29, 0.717) is 31.6 Å². The second-order valence-electron chi connectivity index (χ2n) is 7.42. The van der Waals surface area contributed by atoms with Crippen molar-refractivity contribution in [1.29, 1.82) is 0 Å². The summed E-state index contributed by atoms with van der Waals surface area (Å²) in [7, 11) is -3.57. The summed E-state index contributed by atoms with van der Waals surface area (Å²) < 4.78 is 26.8. The van der Waals surface area contributed by atoms with Crippen LogP contribution in [0.3, 0.4) is 0 Å². The highest BCUT2D eigenvalue weighted by Crippen LogP contribution is 2.25. The lowest BCUT2D eigenvalue weighted by Gasteiger charge is -2.30. The minimum atomic E-state index is -3.57. The number of hydrogen-bond donors (Lipinski definition) is 2. The Labute approximate surface area is 182 Å². The van der Waals surface area contributed by atoms with Crippen LogP contribution < -0.4 is 10.6 Å². The van der Waals surface area contributed by atoms with E-state index in [1.165, 1.54) is 16.6 Å². The summed E-state index contributed by atoms with van der Waals surface area (Å²) in [5, 5.41) is 6.24. The Kier molecular flexibility index (Phi) is 6.29. The van der Waals surface area contributed by atoms with Crippen molar-refractivity contribution >= 4 is 33.0 Å². The SMILES string of the molecule is O=C(Nc1ccc(Nc2ccccc2)cc1)C1CCN(S(=O)(=O)c2cccnc2)CC1. The van der Waals surface area contributed by atoms with Gasteiger partial charge in [0.1, 0.15) is 4.90 Å². The first-order valence-corrected chi connectivity index (χ1v) is 11.6. The van der Waals surface area contributed by atoms with Gasteiger partial charge >= 0.3 is 0 Å². The largest absolute Gasteiger partial charge is 0.356 e. The van der Waals surface area contributed by atoms with Crippen molar-refractivity contribution in [2.45, 2.75) is 17.7 Å². The van der Waals surface area contributed by atoms with Crippen molar-refractivity contribution in [3.05, 3.63) is 79.1 Å². The maximum absolute atomic E-state index is 12.7. The minimum absolute atomic E-state index is 0.0813. The average molecular weight is 437 g/mol. The molecule has 4 rings (SSSR count). The summed E-state index contributed by atoms with van der Waals surface area (Å²) in [6.07, 6.45) is 3.86. The molecule has 2 heterocycles. The van der Waals surface area contributed by atoms with Crippen molar-refractivity contribution in [2.24, 2.45) is 5.92 Å². The number of rotatable bonds is 6. The molecule has 0 atom stereocenters. The van der Waals surface area contributed by atoms with Crippen molar-refractivity contribution in [2.75, 3.05) is 23.7 Å². The number of sulfonamides is 1. The molecule has 8 heteroatoms. The first-order valence-electron chi connectivity index (χ1n) is 10.2. The Morgan fingerprint density at radius 3 is 2.16 bits per heavy atom. The van der Waals surface area contributed by atoms with Crippen LogP contribution in [0.2, 0.25) is 0 Å². The Bertz CT molecular complexity index is 1110. The summed E-state index contributed by atoms with van der Waals surface area (Å²) in [6.45, 7) is 0.629. The highest BCUT2D eigenvalue weighted by atomic mass is 32.2. The standard InChI is InChI=1S/C23H24N4O3S/c28-23(26-21-10-8-20(9-11-21)25-19-5-2-1-3-6-19)18-12-15-27(16-13-18)31(29,30)22-7-4-14-24-17-22/h1-11,14,17-18,25H,12-13,15-16H2,(H,26,28). The van der Waals surface area contributed by atoms with Crippen molar-refractivity contribution in [3.63, 3.8) is 0 Å². The fourth-order valence-corrected chi connectivity index (χ4v) is 5.01. The fraction of sp³-hybridized carbons (Fsp3) is 0.217. The zero-order valence-electron chi connectivity index (χ0n) is 16.9. The third-order valence-electron chi connectivity index (χ3n) is 5.31. The predicted molar refractivity (Wildman–Crippen MR) is 121 cm³/mol. The third kappa shape index (κ3) is 5.10. The van der Waals surface area contributed by atoms with Crippen LogP contribution in [-0.2, 0) is 14.8 Å². The van der Waals surface area contributed by atoms with Gasteiger partial charge in [-0.2, -0.15) is 4.31 Å². The van der Waals surface area contributed by atoms with Gasteiger partial charge in [0, 0.05) is 48.5 Å². The maximum Gasteiger partial charge on any atom is 0.244 e. The molecule has 2 aromatic carbocycles. The number of pyridine rings is 1. The van der Waals surface area contributed by atoms with Gasteiger partial charge in [-0.15, -0.1) is 0 Å². The molecule has 3 aromatic rings. The van der Waals surface area contributed by atoms with E-state index in [1.54, 1.807) is 12.3 Å². The number of carbonyl (C=O) groups is 1. The van der Waals surface area contributed by atoms with Gasteiger partial charge in [0.15, 0.2) is 0 Å². The molecule has 2 N–H and O–H groups in total. The minimum Gasteiger partial charge on any atom is -0.356 e. The van der Waals surface area contributed by atoms with E-state index in [-0.39, 0.29) is 16.7 Å². The zero-order chi connectivity index (χ0) is 21.7. The molecule has 0 bridgehead atoms. The lowest BCUT2D eigenvalue weighted by Crippen LogP contribution is -2.41. The number of aromatic nitrogens is 1. The summed E-state index contributed by atoms with van der Waals surface area (Å²) >= 11 is 0. The molecule has 1 aromatic heterocycles. The Morgan fingerprint density at radius 2 is 1.52 bits per heavy atom. The number of nitrogens with zero attached hydrogens (tertiary/aromatic N) is 2. The predicted octanol–water partition coefficient (Wildman–Crippen LogP) is 3.86. The van der Waals surface area contributed by atoms with E-state index < -0.39 is 10.0 Å². The summed E-state index contributed by atoms with van der Waals surface area (Å²) in [6, 6.07) is 20.5. The highest BCUT2D eigenvalue weighted by Gasteiger charge is 2.32. The number of hydrogen-bond acceptors (Lipinski definition) is 5. The second-order valence-corrected chi connectivity index (χ2v) is 9.36. The lowest BCUT2D eigenvalue weighted by molar-refractivity contribution is -0.120. The Hall–Kier alpha value is -3.23. The zero-order valence-corrected chi connectivity index (χ0v) is 17.8. The number of piperidine rings is 1. The molecule has 1 saturated heterocycles. The fourth-order valence-electron chi connectivity index (χ4n) is 3.58. The van der Waals surface area contributed by atoms with E-state index in [4.69, 9.17) is 0 Å². The van der Waals surface area contributed by atoms with Crippen molar-refractivity contribution in [3.8, 4) is 0 Å².